The van der Waals surface area contributed by atoms with Gasteiger partial charge in [-0.15, -0.1) is 0 Å². The van der Waals surface area contributed by atoms with Crippen LogP contribution in [0.25, 0.3) is 21.9 Å². The van der Waals surface area contributed by atoms with Crippen molar-refractivity contribution in [1.29, 1.82) is 0 Å². The number of carbonyl (C=O) groups is 2. The molecule has 0 spiro atoms. The van der Waals surface area contributed by atoms with Gasteiger partial charge in [0.05, 0.1) is 18.2 Å². The van der Waals surface area contributed by atoms with E-state index in [2.05, 4.69) is 5.32 Å². The molecule has 0 aliphatic heterocycles. The topological polar surface area (TPSA) is 113 Å². The zero-order valence-electron chi connectivity index (χ0n) is 14.7. The molecular weight excluding hydrogens is 338 g/mol. The number of aliphatic carboxylic acids is 1. The average molecular weight is 356 g/mol. The number of hydrogen-bond acceptors (Lipinski definition) is 6. The fraction of sp³-hybridized carbons (Fsp3) is 0.316. The first-order valence-corrected chi connectivity index (χ1v) is 8.19. The number of fused-ring (bicyclic) bond motifs is 2. The predicted molar refractivity (Wildman–Crippen MR) is 92.8 cm³/mol. The number of carbonyl (C=O) groups excluding carboxylic acids is 2. The molecule has 2 aromatic heterocycles. The van der Waals surface area contributed by atoms with E-state index in [0.29, 0.717) is 16.7 Å². The van der Waals surface area contributed by atoms with Crippen LogP contribution >= 0.6 is 0 Å². The lowest BCUT2D eigenvalue weighted by Gasteiger charge is -2.10. The summed E-state index contributed by atoms with van der Waals surface area (Å²) in [7, 11) is 0. The fourth-order valence-corrected chi connectivity index (χ4v) is 3.05. The van der Waals surface area contributed by atoms with E-state index >= 15 is 0 Å². The van der Waals surface area contributed by atoms with Gasteiger partial charge in [-0.3, -0.25) is 4.79 Å². The molecule has 1 aromatic carbocycles. The number of hydrogen-bond donors (Lipinski definition) is 1. The zero-order chi connectivity index (χ0) is 19.0. The van der Waals surface area contributed by atoms with Crippen molar-refractivity contribution in [3.05, 3.63) is 45.0 Å². The molecule has 3 rings (SSSR count). The summed E-state index contributed by atoms with van der Waals surface area (Å²) < 4.78 is 11.0. The largest absolute Gasteiger partial charge is 0.550 e. The Labute approximate surface area is 148 Å². The molecule has 2 heterocycles. The normalized spacial score (nSPS) is 11.2. The average Bonchev–Trinajstić information content (AvgIpc) is 2.94. The minimum atomic E-state index is -1.25. The Hall–Kier alpha value is -3.09. The number of amides is 1. The van der Waals surface area contributed by atoms with Gasteiger partial charge in [-0.1, -0.05) is 0 Å². The summed E-state index contributed by atoms with van der Waals surface area (Å²) in [4.78, 5) is 34.8. The van der Waals surface area contributed by atoms with Crippen LogP contribution in [0, 0.1) is 20.8 Å². The van der Waals surface area contributed by atoms with Crippen molar-refractivity contribution in [3.8, 4) is 0 Å². The van der Waals surface area contributed by atoms with Gasteiger partial charge in [0, 0.05) is 35.3 Å². The number of benzene rings is 1. The highest BCUT2D eigenvalue weighted by molar-refractivity contribution is 6.00. The van der Waals surface area contributed by atoms with E-state index in [4.69, 9.17) is 8.83 Å². The molecule has 1 amide bonds. The molecule has 0 saturated heterocycles. The maximum Gasteiger partial charge on any atom is 0.340 e. The van der Waals surface area contributed by atoms with E-state index in [1.807, 2.05) is 19.9 Å². The van der Waals surface area contributed by atoms with Gasteiger partial charge in [-0.2, -0.15) is 0 Å². The highest BCUT2D eigenvalue weighted by Gasteiger charge is 2.19. The van der Waals surface area contributed by atoms with E-state index in [0.717, 1.165) is 21.9 Å². The van der Waals surface area contributed by atoms with Gasteiger partial charge in [0.2, 0.25) is 5.91 Å². The maximum atomic E-state index is 12.4. The maximum absolute atomic E-state index is 12.4. The number of rotatable bonds is 5. The summed E-state index contributed by atoms with van der Waals surface area (Å²) in [6, 6.07) is 1.90. The lowest BCUT2D eigenvalue weighted by Crippen LogP contribution is -2.32. The third-order valence-electron chi connectivity index (χ3n) is 4.52. The molecule has 26 heavy (non-hydrogen) atoms. The van der Waals surface area contributed by atoms with Crippen molar-refractivity contribution >= 4 is 33.8 Å². The first kappa shape index (κ1) is 17.7. The zero-order valence-corrected chi connectivity index (χ0v) is 14.7. The van der Waals surface area contributed by atoms with Crippen LogP contribution in [0.4, 0.5) is 0 Å². The molecule has 0 radical (unpaired) electrons. The lowest BCUT2D eigenvalue weighted by molar-refractivity contribution is -0.305. The van der Waals surface area contributed by atoms with Gasteiger partial charge in [-0.25, -0.2) is 4.79 Å². The Balaban J connectivity index is 2.03. The standard InChI is InChI=1S/C19H19NO6/c1-9-8-25-17-11(3)18-13(6-12(9)17)10(2)14(19(24)26-18)7-15(21)20-5-4-16(22)23/h6,8H,4-5,7H2,1-3H3,(H,20,21)(H,22,23)/p-1. The van der Waals surface area contributed by atoms with E-state index in [-0.39, 0.29) is 24.9 Å². The van der Waals surface area contributed by atoms with Crippen molar-refractivity contribution in [3.63, 3.8) is 0 Å². The van der Waals surface area contributed by atoms with Crippen molar-refractivity contribution in [2.75, 3.05) is 6.54 Å². The van der Waals surface area contributed by atoms with Gasteiger partial charge in [0.1, 0.15) is 11.2 Å². The van der Waals surface area contributed by atoms with Crippen molar-refractivity contribution < 1.29 is 23.5 Å². The second kappa shape index (κ2) is 6.67. The first-order valence-electron chi connectivity index (χ1n) is 8.19. The molecule has 0 unspecified atom stereocenters. The van der Waals surface area contributed by atoms with E-state index in [1.165, 1.54) is 0 Å². The molecule has 0 bridgehead atoms. The van der Waals surface area contributed by atoms with Crippen LogP contribution in [-0.2, 0) is 16.0 Å². The Morgan fingerprint density at radius 1 is 1.12 bits per heavy atom. The minimum absolute atomic E-state index is 0.0485. The fourth-order valence-electron chi connectivity index (χ4n) is 3.05. The summed E-state index contributed by atoms with van der Waals surface area (Å²) in [5, 5.41) is 14.5. The summed E-state index contributed by atoms with van der Waals surface area (Å²) in [5.74, 6) is -1.69. The Morgan fingerprint density at radius 3 is 2.54 bits per heavy atom. The van der Waals surface area contributed by atoms with Crippen LogP contribution in [0.5, 0.6) is 0 Å². The van der Waals surface area contributed by atoms with E-state index in [9.17, 15) is 19.5 Å². The Kier molecular flexibility index (Phi) is 4.54. The first-order chi connectivity index (χ1) is 12.3. The number of aryl methyl sites for hydroxylation is 3. The summed E-state index contributed by atoms with van der Waals surface area (Å²) in [5.41, 5.74) is 3.14. The highest BCUT2D eigenvalue weighted by atomic mass is 16.4. The molecular formula is C19H18NO6-. The SMILES string of the molecule is Cc1coc2c(C)c3oc(=O)c(CC(=O)NCCC(=O)[O-])c(C)c3cc12. The van der Waals surface area contributed by atoms with E-state index in [1.54, 1.807) is 13.2 Å². The van der Waals surface area contributed by atoms with Crippen molar-refractivity contribution in [1.82, 2.24) is 5.32 Å². The third kappa shape index (κ3) is 3.08. The Bertz CT molecular complexity index is 1090. The van der Waals surface area contributed by atoms with Crippen LogP contribution < -0.4 is 16.0 Å². The van der Waals surface area contributed by atoms with Crippen molar-refractivity contribution in [2.24, 2.45) is 0 Å². The molecule has 0 atom stereocenters. The molecule has 136 valence electrons. The molecule has 0 aliphatic carbocycles. The Morgan fingerprint density at radius 2 is 1.85 bits per heavy atom. The molecule has 3 aromatic rings. The third-order valence-corrected chi connectivity index (χ3v) is 4.52. The van der Waals surface area contributed by atoms with Crippen LogP contribution in [-0.4, -0.2) is 18.4 Å². The van der Waals surface area contributed by atoms with Gasteiger partial charge in [0.25, 0.3) is 0 Å². The summed E-state index contributed by atoms with van der Waals surface area (Å²) >= 11 is 0. The molecule has 0 aliphatic rings. The summed E-state index contributed by atoms with van der Waals surface area (Å²) in [6.07, 6.45) is 1.18. The molecule has 7 nitrogen and oxygen atoms in total. The molecule has 0 fully saturated rings. The van der Waals surface area contributed by atoms with Gasteiger partial charge < -0.3 is 24.1 Å². The van der Waals surface area contributed by atoms with E-state index < -0.39 is 17.5 Å². The van der Waals surface area contributed by atoms with Gasteiger partial charge in [0.15, 0.2) is 0 Å². The minimum Gasteiger partial charge on any atom is -0.550 e. The van der Waals surface area contributed by atoms with Gasteiger partial charge in [-0.05, 0) is 38.0 Å². The van der Waals surface area contributed by atoms with Crippen LogP contribution in [0.1, 0.15) is 28.7 Å². The monoisotopic (exact) mass is 356 g/mol. The van der Waals surface area contributed by atoms with Crippen LogP contribution in [0.3, 0.4) is 0 Å². The smallest absolute Gasteiger partial charge is 0.340 e. The second-order valence-electron chi connectivity index (χ2n) is 6.32. The molecule has 0 saturated carbocycles. The second-order valence-corrected chi connectivity index (χ2v) is 6.32. The lowest BCUT2D eigenvalue weighted by atomic mass is 9.99. The number of carboxylic acid groups (broad SMARTS) is 1. The predicted octanol–water partition coefficient (Wildman–Crippen LogP) is 1.26. The number of carboxylic acids is 1. The highest BCUT2D eigenvalue weighted by Crippen LogP contribution is 2.32. The van der Waals surface area contributed by atoms with Crippen molar-refractivity contribution in [2.45, 2.75) is 33.6 Å². The quantitative estimate of drug-likeness (QED) is 0.689. The number of nitrogens with one attached hydrogen (secondary N) is 1. The van der Waals surface area contributed by atoms with Crippen LogP contribution in [0.2, 0.25) is 0 Å². The molecule has 1 N–H and O–H groups in total. The molecule has 7 heteroatoms. The van der Waals surface area contributed by atoms with Crippen LogP contribution in [0.15, 0.2) is 26.0 Å². The van der Waals surface area contributed by atoms with Gasteiger partial charge >= 0.3 is 5.63 Å². The summed E-state index contributed by atoms with van der Waals surface area (Å²) in [6.45, 7) is 5.47. The number of furan rings is 1.